The number of aryl methyl sites for hydroxylation is 2. The third-order valence-corrected chi connectivity index (χ3v) is 5.43. The lowest BCUT2D eigenvalue weighted by atomic mass is 9.89. The van der Waals surface area contributed by atoms with Gasteiger partial charge in [-0.15, -0.1) is 0 Å². The van der Waals surface area contributed by atoms with Crippen LogP contribution in [0.5, 0.6) is 0 Å². The number of piperidine rings is 1. The molecule has 1 aliphatic rings. The Morgan fingerprint density at radius 1 is 1.21 bits per heavy atom. The maximum absolute atomic E-state index is 12.7. The second kappa shape index (κ2) is 7.46. The molecule has 28 heavy (non-hydrogen) atoms. The van der Waals surface area contributed by atoms with Gasteiger partial charge in [0.05, 0.1) is 23.8 Å². The molecule has 4 rings (SSSR count). The van der Waals surface area contributed by atoms with Crippen molar-refractivity contribution in [3.05, 3.63) is 42.2 Å². The monoisotopic (exact) mass is 380 g/mol. The molecule has 1 aliphatic heterocycles. The molecule has 8 heteroatoms. The van der Waals surface area contributed by atoms with Crippen LogP contribution in [0.4, 0.5) is 5.82 Å². The molecule has 0 atom stereocenters. The maximum atomic E-state index is 12.7. The molecule has 1 saturated heterocycles. The predicted octanol–water partition coefficient (Wildman–Crippen LogP) is 1.86. The molecular weight excluding hydrogens is 356 g/mol. The summed E-state index contributed by atoms with van der Waals surface area (Å²) in [6.45, 7) is 1.74. The first kappa shape index (κ1) is 18.2. The van der Waals surface area contributed by atoms with Gasteiger partial charge in [-0.25, -0.2) is 0 Å². The molecule has 146 valence electrons. The smallest absolute Gasteiger partial charge is 0.224 e. The summed E-state index contributed by atoms with van der Waals surface area (Å²) >= 11 is 0. The summed E-state index contributed by atoms with van der Waals surface area (Å²) in [6, 6.07) is 7.97. The number of nitrogens with two attached hydrogens (primary N) is 1. The fourth-order valence-corrected chi connectivity index (χ4v) is 3.87. The van der Waals surface area contributed by atoms with Crippen molar-refractivity contribution < 1.29 is 9.59 Å². The van der Waals surface area contributed by atoms with E-state index in [-0.39, 0.29) is 23.4 Å². The number of likely N-dealkylation sites (tertiary alicyclic amines) is 1. The first-order chi connectivity index (χ1) is 13.5. The minimum absolute atomic E-state index is 0.0284. The van der Waals surface area contributed by atoms with Crippen molar-refractivity contribution in [3.8, 4) is 0 Å². The summed E-state index contributed by atoms with van der Waals surface area (Å²) in [5, 5.41) is 9.49. The Morgan fingerprint density at radius 3 is 2.68 bits per heavy atom. The van der Waals surface area contributed by atoms with Gasteiger partial charge >= 0.3 is 0 Å². The molecule has 8 nitrogen and oxygen atoms in total. The maximum Gasteiger partial charge on any atom is 0.224 e. The van der Waals surface area contributed by atoms with Crippen molar-refractivity contribution >= 4 is 28.4 Å². The average molecular weight is 380 g/mol. The fraction of sp³-hybridized carbons (Fsp3) is 0.400. The summed E-state index contributed by atoms with van der Waals surface area (Å²) in [5.74, 6) is 0.301. The number of ketones is 1. The highest BCUT2D eigenvalue weighted by Crippen LogP contribution is 2.24. The second-order valence-corrected chi connectivity index (χ2v) is 7.30. The van der Waals surface area contributed by atoms with Gasteiger partial charge in [-0.3, -0.25) is 19.0 Å². The normalized spacial score (nSPS) is 15.2. The van der Waals surface area contributed by atoms with E-state index in [1.54, 1.807) is 17.9 Å². The quantitative estimate of drug-likeness (QED) is 0.681. The Hall–Kier alpha value is -3.16. The van der Waals surface area contributed by atoms with Gasteiger partial charge in [0.2, 0.25) is 5.91 Å². The van der Waals surface area contributed by atoms with Crippen molar-refractivity contribution in [1.82, 2.24) is 24.5 Å². The topological polar surface area (TPSA) is 99.0 Å². The fourth-order valence-electron chi connectivity index (χ4n) is 3.87. The van der Waals surface area contributed by atoms with Crippen LogP contribution in [-0.4, -0.2) is 49.2 Å². The number of rotatable bonds is 5. The number of Topliss-reactive ketones (excluding diaryl/α,β-unsaturated/α-hetero) is 1. The summed E-state index contributed by atoms with van der Waals surface area (Å²) < 4.78 is 3.43. The van der Waals surface area contributed by atoms with E-state index in [2.05, 4.69) is 10.2 Å². The number of carbonyl (C=O) groups is 2. The lowest BCUT2D eigenvalue weighted by molar-refractivity contribution is -0.132. The molecule has 3 heterocycles. The van der Waals surface area contributed by atoms with Crippen LogP contribution in [0.2, 0.25) is 0 Å². The van der Waals surface area contributed by atoms with Gasteiger partial charge in [0.15, 0.2) is 11.6 Å². The number of hydrogen-bond acceptors (Lipinski definition) is 5. The average Bonchev–Trinajstić information content (AvgIpc) is 3.28. The van der Waals surface area contributed by atoms with Gasteiger partial charge in [-0.05, 0) is 18.9 Å². The second-order valence-electron chi connectivity index (χ2n) is 7.30. The first-order valence-corrected chi connectivity index (χ1v) is 9.54. The van der Waals surface area contributed by atoms with Crippen molar-refractivity contribution in [1.29, 1.82) is 0 Å². The SMILES string of the molecule is Cn1cc(C(=O)C2CCN(C(=O)CCn3ncc4ccccc43)CC2)c(N)n1. The van der Waals surface area contributed by atoms with Crippen LogP contribution in [0, 0.1) is 5.92 Å². The Kier molecular flexibility index (Phi) is 4.85. The van der Waals surface area contributed by atoms with E-state index >= 15 is 0 Å². The molecule has 1 amide bonds. The molecular formula is C20H24N6O2. The Morgan fingerprint density at radius 2 is 1.96 bits per heavy atom. The third-order valence-electron chi connectivity index (χ3n) is 5.43. The Balaban J connectivity index is 1.31. The molecule has 0 aliphatic carbocycles. The van der Waals surface area contributed by atoms with Crippen LogP contribution < -0.4 is 5.73 Å². The van der Waals surface area contributed by atoms with E-state index in [1.165, 1.54) is 0 Å². The number of aromatic nitrogens is 4. The minimum atomic E-state index is -0.106. The summed E-state index contributed by atoms with van der Waals surface area (Å²) in [6.07, 6.45) is 5.21. The van der Waals surface area contributed by atoms with E-state index in [9.17, 15) is 9.59 Å². The van der Waals surface area contributed by atoms with Gasteiger partial charge in [-0.1, -0.05) is 18.2 Å². The van der Waals surface area contributed by atoms with Gasteiger partial charge in [0, 0.05) is 44.1 Å². The predicted molar refractivity (Wildman–Crippen MR) is 106 cm³/mol. The molecule has 2 aromatic heterocycles. The van der Waals surface area contributed by atoms with Crippen LogP contribution in [0.1, 0.15) is 29.6 Å². The highest BCUT2D eigenvalue weighted by Gasteiger charge is 2.29. The van der Waals surface area contributed by atoms with E-state index in [4.69, 9.17) is 5.73 Å². The largest absolute Gasteiger partial charge is 0.382 e. The van der Waals surface area contributed by atoms with E-state index in [1.807, 2.05) is 40.0 Å². The number of benzene rings is 1. The van der Waals surface area contributed by atoms with E-state index in [0.717, 1.165) is 10.9 Å². The van der Waals surface area contributed by atoms with Gasteiger partial charge in [-0.2, -0.15) is 10.2 Å². The number of nitrogens with zero attached hydrogens (tertiary/aromatic N) is 5. The number of amides is 1. The number of nitrogen functional groups attached to an aromatic ring is 1. The van der Waals surface area contributed by atoms with Crippen LogP contribution in [0.15, 0.2) is 36.7 Å². The van der Waals surface area contributed by atoms with Gasteiger partial charge < -0.3 is 10.6 Å². The van der Waals surface area contributed by atoms with Crippen LogP contribution >= 0.6 is 0 Å². The lowest BCUT2D eigenvalue weighted by Crippen LogP contribution is -2.40. The zero-order valence-corrected chi connectivity index (χ0v) is 15.9. The first-order valence-electron chi connectivity index (χ1n) is 9.54. The van der Waals surface area contributed by atoms with Crippen molar-refractivity contribution in [2.45, 2.75) is 25.8 Å². The molecule has 2 N–H and O–H groups in total. The van der Waals surface area contributed by atoms with Crippen LogP contribution in [0.3, 0.4) is 0 Å². The molecule has 0 radical (unpaired) electrons. The third kappa shape index (κ3) is 3.49. The summed E-state index contributed by atoms with van der Waals surface area (Å²) in [7, 11) is 1.75. The zero-order chi connectivity index (χ0) is 19.7. The molecule has 1 aromatic carbocycles. The van der Waals surface area contributed by atoms with E-state index in [0.29, 0.717) is 44.5 Å². The number of carbonyl (C=O) groups excluding carboxylic acids is 2. The summed E-state index contributed by atoms with van der Waals surface area (Å²) in [4.78, 5) is 27.1. The van der Waals surface area contributed by atoms with Crippen molar-refractivity contribution in [2.75, 3.05) is 18.8 Å². The minimum Gasteiger partial charge on any atom is -0.382 e. The van der Waals surface area contributed by atoms with Gasteiger partial charge in [0.1, 0.15) is 0 Å². The van der Waals surface area contributed by atoms with E-state index < -0.39 is 0 Å². The molecule has 3 aromatic rings. The molecule has 1 fully saturated rings. The van der Waals surface area contributed by atoms with Gasteiger partial charge in [0.25, 0.3) is 0 Å². The zero-order valence-electron chi connectivity index (χ0n) is 15.9. The van der Waals surface area contributed by atoms with Crippen LogP contribution in [0.25, 0.3) is 10.9 Å². The number of hydrogen-bond donors (Lipinski definition) is 1. The number of fused-ring (bicyclic) bond motifs is 1. The van der Waals surface area contributed by atoms with Crippen LogP contribution in [-0.2, 0) is 18.4 Å². The Bertz CT molecular complexity index is 1010. The molecule has 0 spiro atoms. The van der Waals surface area contributed by atoms with Crippen molar-refractivity contribution in [3.63, 3.8) is 0 Å². The number of para-hydroxylation sites is 1. The molecule has 0 saturated carbocycles. The lowest BCUT2D eigenvalue weighted by Gasteiger charge is -2.31. The highest BCUT2D eigenvalue weighted by molar-refractivity contribution is 6.01. The van der Waals surface area contributed by atoms with Crippen molar-refractivity contribution in [2.24, 2.45) is 13.0 Å². The standard InChI is InChI=1S/C20H24N6O2/c1-24-13-16(20(21)23-24)19(28)14-6-9-25(10-7-14)18(27)8-11-26-17-5-3-2-4-15(17)12-22-26/h2-5,12-14H,6-11H2,1H3,(H2,21,23). The summed E-state index contributed by atoms with van der Waals surface area (Å²) in [5.41, 5.74) is 7.34. The highest BCUT2D eigenvalue weighted by atomic mass is 16.2. The number of anilines is 1. The molecule has 0 unspecified atom stereocenters. The Labute approximate surface area is 162 Å². The molecule has 0 bridgehead atoms.